The molecular formula is C14H24N2O2S2. The molecular weight excluding hydrogens is 292 g/mol. The van der Waals surface area contributed by atoms with Crippen LogP contribution in [0.15, 0.2) is 11.0 Å². The zero-order valence-electron chi connectivity index (χ0n) is 12.5. The first-order chi connectivity index (χ1) is 9.48. The lowest BCUT2D eigenvalue weighted by molar-refractivity contribution is 0.250. The first kappa shape index (κ1) is 15.9. The van der Waals surface area contributed by atoms with Crippen molar-refractivity contribution in [2.75, 3.05) is 20.1 Å². The van der Waals surface area contributed by atoms with Crippen molar-refractivity contribution in [2.24, 2.45) is 5.92 Å². The molecule has 1 aromatic heterocycles. The second-order valence-electron chi connectivity index (χ2n) is 5.42. The third-order valence-corrected chi connectivity index (χ3v) is 7.18. The van der Waals surface area contributed by atoms with Gasteiger partial charge in [0, 0.05) is 29.4 Å². The predicted octanol–water partition coefficient (Wildman–Crippen LogP) is 2.59. The molecule has 0 aliphatic heterocycles. The lowest BCUT2D eigenvalue weighted by Gasteiger charge is -2.31. The average molecular weight is 316 g/mol. The van der Waals surface area contributed by atoms with E-state index in [9.17, 15) is 8.42 Å². The molecule has 1 aromatic rings. The molecule has 0 amide bonds. The Morgan fingerprint density at radius 1 is 1.45 bits per heavy atom. The van der Waals surface area contributed by atoms with Gasteiger partial charge in [-0.05, 0) is 38.8 Å². The molecule has 114 valence electrons. The van der Waals surface area contributed by atoms with Gasteiger partial charge in [-0.25, -0.2) is 8.42 Å². The molecule has 2 rings (SSSR count). The quantitative estimate of drug-likeness (QED) is 0.841. The van der Waals surface area contributed by atoms with Crippen molar-refractivity contribution in [1.82, 2.24) is 9.62 Å². The number of hydrogen-bond donors (Lipinski definition) is 1. The molecule has 20 heavy (non-hydrogen) atoms. The van der Waals surface area contributed by atoms with E-state index in [-0.39, 0.29) is 0 Å². The van der Waals surface area contributed by atoms with E-state index in [1.165, 1.54) is 19.3 Å². The Morgan fingerprint density at radius 3 is 2.65 bits per heavy atom. The summed E-state index contributed by atoms with van der Waals surface area (Å²) in [4.78, 5) is 2.46. The van der Waals surface area contributed by atoms with Gasteiger partial charge in [-0.15, -0.1) is 11.3 Å². The maximum absolute atomic E-state index is 12.8. The zero-order valence-corrected chi connectivity index (χ0v) is 14.1. The standard InChI is InChI=1S/C14H24N2O2S2/c1-4-16(10-12-6-5-7-12)20(17,18)14-8-13(9-15-3)19-11(14)2/h8,12,15H,4-7,9-10H2,1-3H3. The van der Waals surface area contributed by atoms with Crippen molar-refractivity contribution < 1.29 is 8.42 Å². The summed E-state index contributed by atoms with van der Waals surface area (Å²) >= 11 is 1.56. The number of nitrogens with one attached hydrogen (secondary N) is 1. The zero-order chi connectivity index (χ0) is 14.8. The molecule has 0 radical (unpaired) electrons. The Labute approximate surface area is 126 Å². The summed E-state index contributed by atoms with van der Waals surface area (Å²) in [6.07, 6.45) is 3.57. The number of nitrogens with zero attached hydrogens (tertiary/aromatic N) is 1. The topological polar surface area (TPSA) is 49.4 Å². The van der Waals surface area contributed by atoms with Crippen LogP contribution in [0.4, 0.5) is 0 Å². The molecule has 1 aliphatic rings. The van der Waals surface area contributed by atoms with Gasteiger partial charge in [0.05, 0.1) is 4.90 Å². The van der Waals surface area contributed by atoms with E-state index in [1.807, 2.05) is 27.0 Å². The van der Waals surface area contributed by atoms with Crippen molar-refractivity contribution in [2.45, 2.75) is 44.6 Å². The Hall–Kier alpha value is -0.430. The van der Waals surface area contributed by atoms with E-state index in [4.69, 9.17) is 0 Å². The number of thiophene rings is 1. The van der Waals surface area contributed by atoms with E-state index in [0.29, 0.717) is 23.9 Å². The van der Waals surface area contributed by atoms with E-state index in [0.717, 1.165) is 16.3 Å². The normalized spacial score (nSPS) is 16.6. The summed E-state index contributed by atoms with van der Waals surface area (Å²) in [7, 11) is -1.46. The van der Waals surface area contributed by atoms with Gasteiger partial charge in [0.15, 0.2) is 0 Å². The van der Waals surface area contributed by atoms with Gasteiger partial charge in [-0.1, -0.05) is 13.3 Å². The monoisotopic (exact) mass is 316 g/mol. The molecule has 0 bridgehead atoms. The van der Waals surface area contributed by atoms with Gasteiger partial charge in [0.2, 0.25) is 10.0 Å². The highest BCUT2D eigenvalue weighted by molar-refractivity contribution is 7.89. The summed E-state index contributed by atoms with van der Waals surface area (Å²) in [5.74, 6) is 0.556. The van der Waals surface area contributed by atoms with Crippen LogP contribution in [0.1, 0.15) is 35.9 Å². The van der Waals surface area contributed by atoms with E-state index < -0.39 is 10.0 Å². The van der Waals surface area contributed by atoms with Crippen molar-refractivity contribution in [3.63, 3.8) is 0 Å². The first-order valence-electron chi connectivity index (χ1n) is 7.23. The summed E-state index contributed by atoms with van der Waals surface area (Å²) in [6.45, 7) is 5.76. The lowest BCUT2D eigenvalue weighted by Crippen LogP contribution is -2.37. The molecule has 0 saturated heterocycles. The summed E-state index contributed by atoms with van der Waals surface area (Å²) in [6, 6.07) is 1.83. The summed E-state index contributed by atoms with van der Waals surface area (Å²) in [5, 5.41) is 3.07. The van der Waals surface area contributed by atoms with E-state index >= 15 is 0 Å². The molecule has 1 fully saturated rings. The molecule has 1 N–H and O–H groups in total. The van der Waals surface area contributed by atoms with Crippen LogP contribution in [-0.2, 0) is 16.6 Å². The smallest absolute Gasteiger partial charge is 0.244 e. The molecule has 0 atom stereocenters. The third-order valence-electron chi connectivity index (χ3n) is 3.93. The Kier molecular flexibility index (Phi) is 5.23. The van der Waals surface area contributed by atoms with Crippen LogP contribution in [0.5, 0.6) is 0 Å². The molecule has 1 saturated carbocycles. The van der Waals surface area contributed by atoms with Crippen LogP contribution in [0, 0.1) is 12.8 Å². The van der Waals surface area contributed by atoms with Crippen LogP contribution in [0.3, 0.4) is 0 Å². The van der Waals surface area contributed by atoms with Gasteiger partial charge in [-0.3, -0.25) is 0 Å². The second-order valence-corrected chi connectivity index (χ2v) is 8.66. The van der Waals surface area contributed by atoms with Crippen LogP contribution in [0.25, 0.3) is 0 Å². The molecule has 6 heteroatoms. The largest absolute Gasteiger partial charge is 0.315 e. The maximum Gasteiger partial charge on any atom is 0.244 e. The number of aryl methyl sites for hydroxylation is 1. The molecule has 0 unspecified atom stereocenters. The van der Waals surface area contributed by atoms with E-state index in [1.54, 1.807) is 15.6 Å². The Balaban J connectivity index is 2.22. The molecule has 1 heterocycles. The second kappa shape index (κ2) is 6.56. The molecule has 4 nitrogen and oxygen atoms in total. The molecule has 0 aromatic carbocycles. The van der Waals surface area contributed by atoms with Gasteiger partial charge < -0.3 is 5.32 Å². The van der Waals surface area contributed by atoms with Crippen LogP contribution >= 0.6 is 11.3 Å². The van der Waals surface area contributed by atoms with Gasteiger partial charge >= 0.3 is 0 Å². The van der Waals surface area contributed by atoms with Crippen molar-refractivity contribution in [1.29, 1.82) is 0 Å². The minimum absolute atomic E-state index is 0.494. The molecule has 1 aliphatic carbocycles. The summed E-state index contributed by atoms with van der Waals surface area (Å²) < 4.78 is 27.2. The van der Waals surface area contributed by atoms with Crippen LogP contribution < -0.4 is 5.32 Å². The third kappa shape index (κ3) is 3.24. The van der Waals surface area contributed by atoms with Gasteiger partial charge in [0.25, 0.3) is 0 Å². The highest BCUT2D eigenvalue weighted by atomic mass is 32.2. The number of hydrogen-bond acceptors (Lipinski definition) is 4. The van der Waals surface area contributed by atoms with Crippen molar-refractivity contribution in [3.05, 3.63) is 15.8 Å². The fraction of sp³-hybridized carbons (Fsp3) is 0.714. The van der Waals surface area contributed by atoms with E-state index in [2.05, 4.69) is 5.32 Å². The summed E-state index contributed by atoms with van der Waals surface area (Å²) in [5.41, 5.74) is 0. The SMILES string of the molecule is CCN(CC1CCC1)S(=O)(=O)c1cc(CNC)sc1C. The first-order valence-corrected chi connectivity index (χ1v) is 9.48. The fourth-order valence-electron chi connectivity index (χ4n) is 2.54. The predicted molar refractivity (Wildman–Crippen MR) is 83.6 cm³/mol. The number of rotatable bonds is 7. The van der Waals surface area contributed by atoms with Gasteiger partial charge in [0.1, 0.15) is 0 Å². The van der Waals surface area contributed by atoms with Crippen LogP contribution in [-0.4, -0.2) is 32.9 Å². The highest BCUT2D eigenvalue weighted by Crippen LogP contribution is 2.32. The minimum Gasteiger partial charge on any atom is -0.315 e. The van der Waals surface area contributed by atoms with Crippen molar-refractivity contribution in [3.8, 4) is 0 Å². The number of sulfonamides is 1. The molecule has 0 spiro atoms. The Morgan fingerprint density at radius 2 is 2.15 bits per heavy atom. The maximum atomic E-state index is 12.8. The van der Waals surface area contributed by atoms with Gasteiger partial charge in [-0.2, -0.15) is 4.31 Å². The highest BCUT2D eigenvalue weighted by Gasteiger charge is 2.30. The fourth-order valence-corrected chi connectivity index (χ4v) is 5.68. The average Bonchev–Trinajstić information content (AvgIpc) is 2.70. The minimum atomic E-state index is -3.33. The lowest BCUT2D eigenvalue weighted by atomic mass is 9.85. The van der Waals surface area contributed by atoms with Crippen molar-refractivity contribution >= 4 is 21.4 Å². The Bertz CT molecular complexity index is 548. The van der Waals surface area contributed by atoms with Crippen LogP contribution in [0.2, 0.25) is 0 Å².